The molecule has 6 rings (SSSR count). The van der Waals surface area contributed by atoms with Gasteiger partial charge in [0.15, 0.2) is 0 Å². The summed E-state index contributed by atoms with van der Waals surface area (Å²) in [6, 6.07) is 19.2. The van der Waals surface area contributed by atoms with Crippen LogP contribution in [0.25, 0.3) is 21.9 Å². The molecule has 0 amide bonds. The van der Waals surface area contributed by atoms with E-state index in [1.165, 1.54) is 27.7 Å². The van der Waals surface area contributed by atoms with Crippen molar-refractivity contribution in [1.29, 1.82) is 0 Å². The molecular weight excluding hydrogens is 384 g/mol. The molecule has 5 aromatic rings. The molecule has 1 aliphatic heterocycles. The summed E-state index contributed by atoms with van der Waals surface area (Å²) in [5, 5.41) is 5.70. The average molecular weight is 411 g/mol. The lowest BCUT2D eigenvalue weighted by atomic mass is 9.96. The number of aryl methyl sites for hydroxylation is 2. The van der Waals surface area contributed by atoms with Crippen LogP contribution in [-0.4, -0.2) is 42.3 Å². The van der Waals surface area contributed by atoms with Crippen molar-refractivity contribution in [1.82, 2.24) is 29.2 Å². The molecule has 0 bridgehead atoms. The van der Waals surface area contributed by atoms with Crippen LogP contribution in [0.4, 0.5) is 0 Å². The molecule has 1 N–H and O–H groups in total. The number of hydrogen-bond acceptors (Lipinski definition) is 3. The third-order valence-electron chi connectivity index (χ3n) is 6.59. The summed E-state index contributed by atoms with van der Waals surface area (Å²) in [4.78, 5) is 11.4. The zero-order valence-electron chi connectivity index (χ0n) is 17.7. The van der Waals surface area contributed by atoms with E-state index in [1.54, 1.807) is 0 Å². The number of para-hydroxylation sites is 3. The molecule has 0 saturated heterocycles. The van der Waals surface area contributed by atoms with Crippen molar-refractivity contribution in [2.45, 2.75) is 25.4 Å². The first-order valence-electron chi connectivity index (χ1n) is 11.0. The number of nitrogens with one attached hydrogen (secondary N) is 1. The van der Waals surface area contributed by atoms with Gasteiger partial charge in [0, 0.05) is 55.7 Å². The number of hydrogen-bond donors (Lipinski definition) is 1. The monoisotopic (exact) mass is 410 g/mol. The van der Waals surface area contributed by atoms with Crippen LogP contribution in [0.1, 0.15) is 29.5 Å². The van der Waals surface area contributed by atoms with Gasteiger partial charge in [-0.25, -0.2) is 4.98 Å². The fourth-order valence-corrected chi connectivity index (χ4v) is 5.10. The normalized spacial score (nSPS) is 16.9. The smallest absolute Gasteiger partial charge is 0.133 e. The van der Waals surface area contributed by atoms with Gasteiger partial charge in [0.1, 0.15) is 11.9 Å². The minimum Gasteiger partial charge on any atom is -0.356 e. The number of H-pyrrole nitrogens is 1. The van der Waals surface area contributed by atoms with Crippen molar-refractivity contribution in [3.05, 3.63) is 84.1 Å². The van der Waals surface area contributed by atoms with Gasteiger partial charge in [-0.2, -0.15) is 5.10 Å². The molecule has 0 fully saturated rings. The molecule has 0 radical (unpaired) electrons. The molecular formula is C25H26N6. The van der Waals surface area contributed by atoms with E-state index < -0.39 is 0 Å². The van der Waals surface area contributed by atoms with E-state index >= 15 is 0 Å². The second-order valence-corrected chi connectivity index (χ2v) is 8.39. The first-order valence-corrected chi connectivity index (χ1v) is 11.0. The Labute approximate surface area is 181 Å². The van der Waals surface area contributed by atoms with Gasteiger partial charge < -0.3 is 9.55 Å². The van der Waals surface area contributed by atoms with Gasteiger partial charge in [0.05, 0.1) is 11.0 Å². The van der Waals surface area contributed by atoms with E-state index in [1.807, 2.05) is 23.1 Å². The summed E-state index contributed by atoms with van der Waals surface area (Å²) in [7, 11) is 2.14. The highest BCUT2D eigenvalue weighted by atomic mass is 15.3. The highest BCUT2D eigenvalue weighted by Gasteiger charge is 2.34. The Bertz CT molecular complexity index is 1340. The van der Waals surface area contributed by atoms with Crippen LogP contribution in [0.15, 0.2) is 67.0 Å². The fourth-order valence-electron chi connectivity index (χ4n) is 5.10. The Morgan fingerprint density at radius 1 is 1.03 bits per heavy atom. The molecule has 3 aromatic heterocycles. The maximum Gasteiger partial charge on any atom is 0.133 e. The summed E-state index contributed by atoms with van der Waals surface area (Å²) >= 11 is 0. The SMILES string of the molecule is Cn1c(C2c3[nH]c4ccccc4c3CCN2CCCn2cccn2)nc2ccccc21. The lowest BCUT2D eigenvalue weighted by molar-refractivity contribution is 0.195. The number of benzene rings is 2. The molecule has 4 heterocycles. The Balaban J connectivity index is 1.43. The zero-order chi connectivity index (χ0) is 20.8. The number of rotatable bonds is 5. The molecule has 2 aromatic carbocycles. The molecule has 0 spiro atoms. The summed E-state index contributed by atoms with van der Waals surface area (Å²) in [6.45, 7) is 2.96. The van der Waals surface area contributed by atoms with E-state index in [4.69, 9.17) is 4.98 Å². The summed E-state index contributed by atoms with van der Waals surface area (Å²) < 4.78 is 4.28. The van der Waals surface area contributed by atoms with E-state index in [0.717, 1.165) is 43.8 Å². The van der Waals surface area contributed by atoms with Crippen molar-refractivity contribution in [3.8, 4) is 0 Å². The highest BCUT2D eigenvalue weighted by Crippen LogP contribution is 2.38. The van der Waals surface area contributed by atoms with Crippen LogP contribution in [-0.2, 0) is 20.0 Å². The Morgan fingerprint density at radius 2 is 1.90 bits per heavy atom. The van der Waals surface area contributed by atoms with Gasteiger partial charge in [0.25, 0.3) is 0 Å². The molecule has 6 heteroatoms. The van der Waals surface area contributed by atoms with Crippen LogP contribution < -0.4 is 0 Å². The van der Waals surface area contributed by atoms with Crippen LogP contribution >= 0.6 is 0 Å². The van der Waals surface area contributed by atoms with Crippen molar-refractivity contribution >= 4 is 21.9 Å². The largest absolute Gasteiger partial charge is 0.356 e. The number of aromatic nitrogens is 5. The van der Waals surface area contributed by atoms with Crippen LogP contribution in [0.3, 0.4) is 0 Å². The zero-order valence-corrected chi connectivity index (χ0v) is 17.7. The third kappa shape index (κ3) is 3.06. The van der Waals surface area contributed by atoms with Gasteiger partial charge in [-0.1, -0.05) is 30.3 Å². The predicted molar refractivity (Wildman–Crippen MR) is 123 cm³/mol. The van der Waals surface area contributed by atoms with Crippen molar-refractivity contribution < 1.29 is 0 Å². The average Bonchev–Trinajstić information content (AvgIpc) is 3.52. The maximum absolute atomic E-state index is 5.10. The van der Waals surface area contributed by atoms with Gasteiger partial charge >= 0.3 is 0 Å². The third-order valence-corrected chi connectivity index (χ3v) is 6.59. The van der Waals surface area contributed by atoms with Crippen LogP contribution in [0.2, 0.25) is 0 Å². The first-order chi connectivity index (χ1) is 15.3. The quantitative estimate of drug-likeness (QED) is 0.470. The van der Waals surface area contributed by atoms with Gasteiger partial charge in [-0.05, 0) is 42.7 Å². The molecule has 0 aliphatic carbocycles. The second kappa shape index (κ2) is 7.39. The first kappa shape index (κ1) is 18.4. The van der Waals surface area contributed by atoms with Crippen molar-refractivity contribution in [2.75, 3.05) is 13.1 Å². The van der Waals surface area contributed by atoms with E-state index in [9.17, 15) is 0 Å². The molecule has 1 unspecified atom stereocenters. The number of aromatic amines is 1. The molecule has 156 valence electrons. The number of imidazole rings is 1. The minimum atomic E-state index is 0.117. The lowest BCUT2D eigenvalue weighted by Gasteiger charge is -2.35. The van der Waals surface area contributed by atoms with Gasteiger partial charge in [-0.15, -0.1) is 0 Å². The summed E-state index contributed by atoms with van der Waals surface area (Å²) in [6.07, 6.45) is 5.99. The van der Waals surface area contributed by atoms with Gasteiger partial charge in [0.2, 0.25) is 0 Å². The second-order valence-electron chi connectivity index (χ2n) is 8.39. The maximum atomic E-state index is 5.10. The summed E-state index contributed by atoms with van der Waals surface area (Å²) in [5.41, 5.74) is 6.19. The van der Waals surface area contributed by atoms with E-state index in [0.29, 0.717) is 0 Å². The lowest BCUT2D eigenvalue weighted by Crippen LogP contribution is -2.38. The highest BCUT2D eigenvalue weighted by molar-refractivity contribution is 5.85. The van der Waals surface area contributed by atoms with Gasteiger partial charge in [-0.3, -0.25) is 9.58 Å². The Morgan fingerprint density at radius 3 is 2.77 bits per heavy atom. The molecule has 6 nitrogen and oxygen atoms in total. The van der Waals surface area contributed by atoms with Crippen LogP contribution in [0, 0.1) is 0 Å². The Kier molecular flexibility index (Phi) is 4.39. The molecule has 31 heavy (non-hydrogen) atoms. The number of fused-ring (bicyclic) bond motifs is 4. The van der Waals surface area contributed by atoms with E-state index in [2.05, 4.69) is 75.1 Å². The number of nitrogens with zero attached hydrogens (tertiary/aromatic N) is 5. The topological polar surface area (TPSA) is 54.7 Å². The standard InChI is InChI=1S/C25H26N6/c1-29-22-11-5-4-10-21(22)28-25(29)24-23-19(18-8-2-3-9-20(18)27-23)12-17-30(24)14-7-16-31-15-6-13-26-31/h2-6,8-11,13,15,24,27H,7,12,14,16-17H2,1H3. The summed E-state index contributed by atoms with van der Waals surface area (Å²) in [5.74, 6) is 1.10. The van der Waals surface area contributed by atoms with Crippen molar-refractivity contribution in [3.63, 3.8) is 0 Å². The van der Waals surface area contributed by atoms with Crippen molar-refractivity contribution in [2.24, 2.45) is 7.05 Å². The van der Waals surface area contributed by atoms with E-state index in [-0.39, 0.29) is 6.04 Å². The Hall–Kier alpha value is -3.38. The molecule has 0 saturated carbocycles. The molecule has 1 atom stereocenters. The fraction of sp³-hybridized carbons (Fsp3) is 0.280. The predicted octanol–water partition coefficient (Wildman–Crippen LogP) is 4.29. The molecule has 1 aliphatic rings. The van der Waals surface area contributed by atoms with Crippen LogP contribution in [0.5, 0.6) is 0 Å². The minimum absolute atomic E-state index is 0.117.